The smallest absolute Gasteiger partial charge is 0.225 e. The van der Waals surface area contributed by atoms with Crippen LogP contribution in [-0.4, -0.2) is 39.3 Å². The average molecular weight is 294 g/mol. The highest BCUT2D eigenvalue weighted by Crippen LogP contribution is 2.37. The Morgan fingerprint density at radius 2 is 2.09 bits per heavy atom. The second-order valence-electron chi connectivity index (χ2n) is 6.41. The summed E-state index contributed by atoms with van der Waals surface area (Å²) in [5.41, 5.74) is 2.20. The van der Waals surface area contributed by atoms with Crippen molar-refractivity contribution in [2.75, 3.05) is 19.6 Å². The molecule has 1 aromatic carbocycles. The largest absolute Gasteiger partial charge is 0.445 e. The van der Waals surface area contributed by atoms with Crippen LogP contribution in [0.1, 0.15) is 18.9 Å². The Kier molecular flexibility index (Phi) is 2.64. The lowest BCUT2D eigenvalue weighted by atomic mass is 9.84. The number of hydrogen-bond donors (Lipinski definition) is 0. The number of benzene rings is 1. The zero-order chi connectivity index (χ0) is 14.5. The van der Waals surface area contributed by atoms with Gasteiger partial charge < -0.3 is 9.32 Å². The summed E-state index contributed by atoms with van der Waals surface area (Å²) in [5, 5.41) is 5.89. The molecule has 0 spiro atoms. The molecule has 22 heavy (non-hydrogen) atoms. The number of aromatic nitrogens is 3. The van der Waals surface area contributed by atoms with Crippen LogP contribution in [0.25, 0.3) is 22.4 Å². The minimum absolute atomic E-state index is 0.500. The number of hydrogen-bond acceptors (Lipinski definition) is 4. The first-order chi connectivity index (χ1) is 10.9. The Bertz CT molecular complexity index is 799. The molecule has 0 unspecified atom stereocenters. The van der Waals surface area contributed by atoms with Gasteiger partial charge in [0.1, 0.15) is 6.26 Å². The molecule has 0 saturated carbocycles. The normalized spacial score (nSPS) is 27.5. The first kappa shape index (κ1) is 12.4. The summed E-state index contributed by atoms with van der Waals surface area (Å²) < 4.78 is 7.66. The van der Waals surface area contributed by atoms with Crippen molar-refractivity contribution in [1.82, 2.24) is 19.7 Å². The zero-order valence-corrected chi connectivity index (χ0v) is 12.4. The summed E-state index contributed by atoms with van der Waals surface area (Å²) in [6, 6.07) is 6.82. The van der Waals surface area contributed by atoms with E-state index in [1.54, 1.807) is 12.5 Å². The Balaban J connectivity index is 1.60. The molecule has 6 rings (SSSR count). The van der Waals surface area contributed by atoms with Crippen molar-refractivity contribution < 1.29 is 4.42 Å². The van der Waals surface area contributed by atoms with E-state index in [0.29, 0.717) is 11.9 Å². The fourth-order valence-electron chi connectivity index (χ4n) is 4.01. The lowest BCUT2D eigenvalue weighted by Crippen LogP contribution is -2.48. The maximum Gasteiger partial charge on any atom is 0.225 e. The molecule has 3 aliphatic heterocycles. The maximum absolute atomic E-state index is 5.43. The monoisotopic (exact) mass is 294 g/mol. The summed E-state index contributed by atoms with van der Waals surface area (Å²) in [7, 11) is 0. The van der Waals surface area contributed by atoms with Crippen molar-refractivity contribution >= 4 is 10.9 Å². The third-order valence-electron chi connectivity index (χ3n) is 5.21. The molecule has 0 amide bonds. The second-order valence-corrected chi connectivity index (χ2v) is 6.41. The molecule has 0 N–H and O–H groups in total. The molecule has 2 aromatic heterocycles. The van der Waals surface area contributed by atoms with Crippen LogP contribution in [0, 0.1) is 5.92 Å². The van der Waals surface area contributed by atoms with Crippen LogP contribution in [0.15, 0.2) is 41.3 Å². The van der Waals surface area contributed by atoms with Crippen molar-refractivity contribution in [3.05, 3.63) is 36.9 Å². The topological polar surface area (TPSA) is 47.1 Å². The number of piperidine rings is 3. The average Bonchev–Trinajstić information content (AvgIpc) is 3.25. The molecule has 5 nitrogen and oxygen atoms in total. The van der Waals surface area contributed by atoms with E-state index < -0.39 is 0 Å². The molecule has 3 saturated heterocycles. The van der Waals surface area contributed by atoms with Gasteiger partial charge in [-0.3, -0.25) is 4.68 Å². The summed E-state index contributed by atoms with van der Waals surface area (Å²) in [6.07, 6.45) is 7.87. The lowest BCUT2D eigenvalue weighted by molar-refractivity contribution is 0.0534. The Morgan fingerprint density at radius 3 is 2.82 bits per heavy atom. The van der Waals surface area contributed by atoms with E-state index in [0.717, 1.165) is 18.0 Å². The standard InChI is InChI=1S/C17H18N4O/c1-2-14-10-19-21(16-11-20-6-3-12(16)4-7-20)15(14)9-13(1)17-18-5-8-22-17/h1-2,5,8-10,12,16H,3-4,6-7,11H2/t16-/m1/s1. The summed E-state index contributed by atoms with van der Waals surface area (Å²) in [4.78, 5) is 6.82. The predicted octanol–water partition coefficient (Wildman–Crippen LogP) is 2.96. The quantitative estimate of drug-likeness (QED) is 0.729. The van der Waals surface area contributed by atoms with Crippen LogP contribution in [-0.2, 0) is 0 Å². The van der Waals surface area contributed by atoms with E-state index >= 15 is 0 Å². The summed E-state index contributed by atoms with van der Waals surface area (Å²) >= 11 is 0. The molecule has 5 heteroatoms. The third kappa shape index (κ3) is 1.82. The SMILES string of the molecule is c1coc(-c2ccc3cnn([C@@H]4CN5CCC4CC5)c3c2)n1. The fourth-order valence-corrected chi connectivity index (χ4v) is 4.01. The molecule has 3 aliphatic rings. The second kappa shape index (κ2) is 4.68. The van der Waals surface area contributed by atoms with Gasteiger partial charge in [-0.1, -0.05) is 6.07 Å². The number of fused-ring (bicyclic) bond motifs is 4. The molecule has 5 heterocycles. The highest BCUT2D eigenvalue weighted by atomic mass is 16.3. The molecule has 0 radical (unpaired) electrons. The third-order valence-corrected chi connectivity index (χ3v) is 5.21. The van der Waals surface area contributed by atoms with E-state index in [-0.39, 0.29) is 0 Å². The molecule has 3 aromatic rings. The van der Waals surface area contributed by atoms with Crippen LogP contribution >= 0.6 is 0 Å². The van der Waals surface area contributed by atoms with E-state index in [4.69, 9.17) is 9.52 Å². The van der Waals surface area contributed by atoms with Gasteiger partial charge in [0.15, 0.2) is 0 Å². The van der Waals surface area contributed by atoms with E-state index in [1.807, 2.05) is 6.20 Å². The number of rotatable bonds is 2. The van der Waals surface area contributed by atoms with Crippen LogP contribution in [0.3, 0.4) is 0 Å². The van der Waals surface area contributed by atoms with Gasteiger partial charge >= 0.3 is 0 Å². The fraction of sp³-hybridized carbons (Fsp3) is 0.412. The molecule has 2 bridgehead atoms. The van der Waals surface area contributed by atoms with Gasteiger partial charge in [0.25, 0.3) is 0 Å². The van der Waals surface area contributed by atoms with Crippen LogP contribution in [0.4, 0.5) is 0 Å². The highest BCUT2D eigenvalue weighted by molar-refractivity contribution is 5.83. The number of oxazole rings is 1. The molecule has 112 valence electrons. The van der Waals surface area contributed by atoms with E-state index in [2.05, 4.69) is 32.8 Å². The highest BCUT2D eigenvalue weighted by Gasteiger charge is 2.36. The van der Waals surface area contributed by atoms with Crippen molar-refractivity contribution in [3.63, 3.8) is 0 Å². The van der Waals surface area contributed by atoms with Gasteiger partial charge in [-0.25, -0.2) is 4.98 Å². The predicted molar refractivity (Wildman–Crippen MR) is 83.4 cm³/mol. The Labute approximate surface area is 128 Å². The van der Waals surface area contributed by atoms with Gasteiger partial charge in [0.05, 0.1) is 24.0 Å². The van der Waals surface area contributed by atoms with Crippen molar-refractivity contribution in [1.29, 1.82) is 0 Å². The van der Waals surface area contributed by atoms with Crippen LogP contribution < -0.4 is 0 Å². The minimum Gasteiger partial charge on any atom is -0.445 e. The molecule has 3 fully saturated rings. The first-order valence-electron chi connectivity index (χ1n) is 7.98. The van der Waals surface area contributed by atoms with Crippen molar-refractivity contribution in [3.8, 4) is 11.5 Å². The van der Waals surface area contributed by atoms with Crippen molar-refractivity contribution in [2.24, 2.45) is 5.92 Å². The van der Waals surface area contributed by atoms with E-state index in [1.165, 1.54) is 36.8 Å². The Hall–Kier alpha value is -2.14. The van der Waals surface area contributed by atoms with Crippen molar-refractivity contribution in [2.45, 2.75) is 18.9 Å². The maximum atomic E-state index is 5.43. The molecule has 1 atom stereocenters. The van der Waals surface area contributed by atoms with Gasteiger partial charge in [-0.05, 0) is 44.0 Å². The van der Waals surface area contributed by atoms with E-state index in [9.17, 15) is 0 Å². The van der Waals surface area contributed by atoms with Crippen LogP contribution in [0.5, 0.6) is 0 Å². The van der Waals surface area contributed by atoms with Crippen LogP contribution in [0.2, 0.25) is 0 Å². The first-order valence-corrected chi connectivity index (χ1v) is 7.98. The molecular formula is C17H18N4O. The zero-order valence-electron chi connectivity index (χ0n) is 12.4. The minimum atomic E-state index is 0.500. The molecule has 0 aliphatic carbocycles. The number of nitrogens with zero attached hydrogens (tertiary/aromatic N) is 4. The Morgan fingerprint density at radius 1 is 1.18 bits per heavy atom. The van der Waals surface area contributed by atoms with Gasteiger partial charge in [0, 0.05) is 17.5 Å². The lowest BCUT2D eigenvalue weighted by Gasteiger charge is -2.44. The van der Waals surface area contributed by atoms with Gasteiger partial charge in [0.2, 0.25) is 5.89 Å². The van der Waals surface area contributed by atoms with Gasteiger partial charge in [-0.15, -0.1) is 0 Å². The summed E-state index contributed by atoms with van der Waals surface area (Å²) in [5.74, 6) is 1.43. The summed E-state index contributed by atoms with van der Waals surface area (Å²) in [6.45, 7) is 3.63. The van der Waals surface area contributed by atoms with Gasteiger partial charge in [-0.2, -0.15) is 5.10 Å². The molecular weight excluding hydrogens is 276 g/mol.